The van der Waals surface area contributed by atoms with E-state index in [4.69, 9.17) is 11.5 Å². The van der Waals surface area contributed by atoms with Gasteiger partial charge in [0.05, 0.1) is 11.4 Å². The fourth-order valence-corrected chi connectivity index (χ4v) is 3.24. The Kier molecular flexibility index (Phi) is 12.5. The number of hydrogen-bond acceptors (Lipinski definition) is 10. The van der Waals surface area contributed by atoms with Gasteiger partial charge in [-0.1, -0.05) is 13.8 Å². The van der Waals surface area contributed by atoms with Crippen LogP contribution in [0.3, 0.4) is 0 Å². The molecule has 0 atom stereocenters. The average Bonchev–Trinajstić information content (AvgIpc) is 3.43. The van der Waals surface area contributed by atoms with E-state index in [1.807, 2.05) is 13.8 Å². The number of aromatic nitrogens is 8. The minimum absolute atomic E-state index is 0. The van der Waals surface area contributed by atoms with Crippen LogP contribution < -0.4 is 11.5 Å². The second-order valence-electron chi connectivity index (χ2n) is 7.55. The number of aryl methyl sites for hydroxylation is 6. The van der Waals surface area contributed by atoms with Crippen molar-refractivity contribution in [1.29, 1.82) is 0 Å². The molecule has 4 aromatic heterocycles. The van der Waals surface area contributed by atoms with Gasteiger partial charge in [-0.05, 0) is 0 Å². The van der Waals surface area contributed by atoms with Crippen molar-refractivity contribution in [3.63, 3.8) is 0 Å². The molecule has 0 fully saturated rings. The van der Waals surface area contributed by atoms with Crippen molar-refractivity contribution in [2.75, 3.05) is 11.5 Å². The quantitative estimate of drug-likeness (QED) is 0.229. The molecule has 36 heavy (non-hydrogen) atoms. The number of hydrogen-bond donors (Lipinski definition) is 2. The smallest absolute Gasteiger partial charge is 0.149 e. The van der Waals surface area contributed by atoms with Crippen LogP contribution in [0.4, 0.5) is 34.6 Å². The first kappa shape index (κ1) is 33.0. The Labute approximate surface area is 283 Å². The zero-order chi connectivity index (χ0) is 23.9. The van der Waals surface area contributed by atoms with Crippen LogP contribution in [0.5, 0.6) is 0 Å². The van der Waals surface area contributed by atoms with Crippen molar-refractivity contribution in [3.05, 3.63) is 34.9 Å². The average molecular weight is 715 g/mol. The van der Waals surface area contributed by atoms with Crippen molar-refractivity contribution in [3.8, 4) is 0 Å². The molecule has 4 aromatic rings. The molecule has 3 radical (unpaired) electrons. The molecule has 4 rings (SSSR count). The van der Waals surface area contributed by atoms with Crippen LogP contribution in [0.15, 0.2) is 20.5 Å². The number of nitrogens with two attached hydrogens (primary N) is 2. The maximum Gasteiger partial charge on any atom is 0.149 e. The van der Waals surface area contributed by atoms with Gasteiger partial charge in [-0.15, -0.1) is 12.4 Å². The van der Waals surface area contributed by atoms with Gasteiger partial charge in [0.15, 0.2) is 0 Å². The third-order valence-electron chi connectivity index (χ3n) is 5.11. The Bertz CT molecular complexity index is 1250. The zero-order valence-electron chi connectivity index (χ0n) is 21.0. The zero-order valence-corrected chi connectivity index (χ0v) is 29.5. The summed E-state index contributed by atoms with van der Waals surface area (Å²) in [6.45, 7) is 3.70. The minimum Gasteiger partial charge on any atom is -0.382 e. The van der Waals surface area contributed by atoms with Crippen molar-refractivity contribution >= 4 is 34.6 Å². The molecule has 0 saturated heterocycles. The summed E-state index contributed by atoms with van der Waals surface area (Å²) in [5.74, 6) is 1.88. The molecule has 4 heterocycles. The summed E-state index contributed by atoms with van der Waals surface area (Å²) in [6, 6.07) is 0. The molecule has 4 N–H and O–H groups in total. The molecule has 0 amide bonds. The molecular weight excluding hydrogens is 691 g/mol. The minimum atomic E-state index is 0. The predicted octanol–water partition coefficient (Wildman–Crippen LogP) is 2.42. The van der Waals surface area contributed by atoms with Gasteiger partial charge in [-0.25, -0.2) is 10.2 Å². The van der Waals surface area contributed by atoms with Crippen LogP contribution in [0.2, 0.25) is 0 Å². The van der Waals surface area contributed by atoms with E-state index < -0.39 is 0 Å². The van der Waals surface area contributed by atoms with Crippen LogP contribution in [0, 0.1) is 26.2 Å². The molecular formula is C19H24N14Y3-2. The van der Waals surface area contributed by atoms with E-state index in [0.29, 0.717) is 46.0 Å². The second-order valence-corrected chi connectivity index (χ2v) is 7.55. The Balaban J connectivity index is 0.00000216. The van der Waals surface area contributed by atoms with Crippen molar-refractivity contribution in [2.24, 2.45) is 48.6 Å². The van der Waals surface area contributed by atoms with Gasteiger partial charge in [-0.3, -0.25) is 9.36 Å². The standard InChI is InChI=1S/C19H24N14.3Y/c1-10-8-22-32(5)18(10)26-24-14-12(28-30(3)16(14)20)7-13-15(17(21)31(4)29-13)25-27-19-11(2)9-23-33(19)6;;;/h7,20-21H2,1-6H3;;;/q-2;;;. The number of anilines is 2. The van der Waals surface area contributed by atoms with Crippen LogP contribution >= 0.6 is 0 Å². The predicted molar refractivity (Wildman–Crippen MR) is 120 cm³/mol. The van der Waals surface area contributed by atoms with Crippen molar-refractivity contribution in [1.82, 2.24) is 39.1 Å². The number of nitrogen functional groups attached to an aromatic ring is 2. The van der Waals surface area contributed by atoms with Gasteiger partial charge in [0, 0.05) is 144 Å². The van der Waals surface area contributed by atoms with Gasteiger partial charge in [0.1, 0.15) is 23.0 Å². The third-order valence-corrected chi connectivity index (χ3v) is 5.11. The maximum absolute atomic E-state index is 6.21. The van der Waals surface area contributed by atoms with Crippen LogP contribution in [-0.4, -0.2) is 39.1 Å². The van der Waals surface area contributed by atoms with E-state index in [1.54, 1.807) is 37.6 Å². The van der Waals surface area contributed by atoms with Gasteiger partial charge >= 0.3 is 0 Å². The van der Waals surface area contributed by atoms with E-state index in [-0.39, 0.29) is 105 Å². The summed E-state index contributed by atoms with van der Waals surface area (Å²) >= 11 is 0. The molecule has 0 aliphatic carbocycles. The largest absolute Gasteiger partial charge is 0.382 e. The summed E-state index contributed by atoms with van der Waals surface area (Å²) in [5.41, 5.74) is 16.0. The Morgan fingerprint density at radius 2 is 1.00 bits per heavy atom. The molecule has 181 valence electrons. The van der Waals surface area contributed by atoms with Gasteiger partial charge in [-0.2, -0.15) is 31.6 Å². The van der Waals surface area contributed by atoms with Gasteiger partial charge in [0.25, 0.3) is 0 Å². The summed E-state index contributed by atoms with van der Waals surface area (Å²) in [6.07, 6.45) is 5.96. The van der Waals surface area contributed by atoms with E-state index >= 15 is 0 Å². The Morgan fingerprint density at radius 3 is 1.31 bits per heavy atom. The molecule has 0 aliphatic rings. The number of rotatable bonds is 6. The van der Waals surface area contributed by atoms with Gasteiger partial charge < -0.3 is 31.0 Å². The number of azo groups is 2. The molecule has 0 aromatic carbocycles. The van der Waals surface area contributed by atoms with E-state index in [1.165, 1.54) is 9.36 Å². The Morgan fingerprint density at radius 1 is 0.639 bits per heavy atom. The molecule has 0 bridgehead atoms. The summed E-state index contributed by atoms with van der Waals surface area (Å²) in [5, 5.41) is 34.4. The SMILES string of the molecule is Cc1[c-]nn(C)c1N=Nc1c(Cc2nn(C)c(N)c2N=Nc2c(C)[c-]nn2C)nn(C)c1N.[Y].[Y].[Y]. The second kappa shape index (κ2) is 13.7. The monoisotopic (exact) mass is 715 g/mol. The fourth-order valence-electron chi connectivity index (χ4n) is 3.24. The van der Waals surface area contributed by atoms with Crippen LogP contribution in [0.25, 0.3) is 0 Å². The summed E-state index contributed by atoms with van der Waals surface area (Å²) in [4.78, 5) is 0. The van der Waals surface area contributed by atoms with Crippen LogP contribution in [-0.2, 0) is 133 Å². The third kappa shape index (κ3) is 6.68. The van der Waals surface area contributed by atoms with E-state index in [9.17, 15) is 0 Å². The first-order valence-corrected chi connectivity index (χ1v) is 9.96. The normalized spacial score (nSPS) is 11.1. The van der Waals surface area contributed by atoms with Gasteiger partial charge in [0.2, 0.25) is 0 Å². The maximum atomic E-state index is 6.21. The first-order chi connectivity index (χ1) is 15.7. The number of nitrogens with zero attached hydrogens (tertiary/aromatic N) is 12. The molecule has 14 nitrogen and oxygen atoms in total. The first-order valence-electron chi connectivity index (χ1n) is 9.96. The molecule has 0 saturated carbocycles. The topological polar surface area (TPSA) is 173 Å². The Hall–Kier alpha value is -1.05. The van der Waals surface area contributed by atoms with Crippen molar-refractivity contribution in [2.45, 2.75) is 20.3 Å². The molecule has 17 heteroatoms. The van der Waals surface area contributed by atoms with E-state index in [2.05, 4.69) is 53.2 Å². The molecule has 0 spiro atoms. The van der Waals surface area contributed by atoms with Crippen molar-refractivity contribution < 1.29 is 98.1 Å². The van der Waals surface area contributed by atoms with E-state index in [0.717, 1.165) is 11.1 Å². The summed E-state index contributed by atoms with van der Waals surface area (Å²) < 4.78 is 6.24. The fraction of sp³-hybridized carbons (Fsp3) is 0.368. The summed E-state index contributed by atoms with van der Waals surface area (Å²) in [7, 11) is 6.99. The van der Waals surface area contributed by atoms with Crippen LogP contribution in [0.1, 0.15) is 22.5 Å². The molecule has 0 aliphatic heterocycles. The molecule has 0 unspecified atom stereocenters.